The highest BCUT2D eigenvalue weighted by Gasteiger charge is 2.48. The van der Waals surface area contributed by atoms with E-state index in [2.05, 4.69) is 36.5 Å². The Morgan fingerprint density at radius 2 is 1.70 bits per heavy atom. The summed E-state index contributed by atoms with van der Waals surface area (Å²) in [5.74, 6) is 0.621. The first-order chi connectivity index (χ1) is 9.61. The second-order valence-electron chi connectivity index (χ2n) is 5.66. The van der Waals surface area contributed by atoms with Crippen molar-refractivity contribution in [1.29, 1.82) is 0 Å². The lowest BCUT2D eigenvalue weighted by atomic mass is 9.79. The lowest BCUT2D eigenvalue weighted by molar-refractivity contribution is -0.191. The van der Waals surface area contributed by atoms with Crippen LogP contribution in [0, 0.1) is 6.92 Å². The van der Waals surface area contributed by atoms with Crippen molar-refractivity contribution in [1.82, 2.24) is 5.32 Å². The highest BCUT2D eigenvalue weighted by Crippen LogP contribution is 2.46. The maximum absolute atomic E-state index is 11.7. The fraction of sp³-hybridized carbons (Fsp3) is 0.500. The van der Waals surface area contributed by atoms with Crippen molar-refractivity contribution in [2.24, 2.45) is 0 Å². The molecule has 0 radical (unpaired) electrons. The molecule has 3 rings (SSSR count). The van der Waals surface area contributed by atoms with Crippen LogP contribution in [0.2, 0.25) is 0 Å². The second kappa shape index (κ2) is 6.02. The minimum atomic E-state index is 0.0757. The van der Waals surface area contributed by atoms with Crippen molar-refractivity contribution >= 4 is 12.1 Å². The van der Waals surface area contributed by atoms with Crippen molar-refractivity contribution in [2.75, 3.05) is 0 Å². The molecule has 1 saturated carbocycles. The third kappa shape index (κ3) is 2.81. The molecule has 1 aliphatic carbocycles. The molecule has 1 spiro atoms. The van der Waals surface area contributed by atoms with E-state index in [9.17, 15) is 4.79 Å². The molecule has 4 nitrogen and oxygen atoms in total. The van der Waals surface area contributed by atoms with E-state index < -0.39 is 0 Å². The highest BCUT2D eigenvalue weighted by atomic mass is 16.2. The fourth-order valence-electron chi connectivity index (χ4n) is 3.51. The van der Waals surface area contributed by atoms with Gasteiger partial charge in [-0.2, -0.15) is 9.59 Å². The van der Waals surface area contributed by atoms with Crippen molar-refractivity contribution in [2.45, 2.75) is 50.5 Å². The van der Waals surface area contributed by atoms with Gasteiger partial charge < -0.3 is 5.32 Å². The lowest BCUT2D eigenvalue weighted by Crippen LogP contribution is -2.42. The number of rotatable bonds is 1. The Morgan fingerprint density at radius 3 is 2.25 bits per heavy atom. The van der Waals surface area contributed by atoms with Gasteiger partial charge in [-0.3, -0.25) is 4.79 Å². The molecule has 1 atom stereocenters. The molecule has 1 amide bonds. The molecule has 1 N–H and O–H groups in total. The predicted octanol–water partition coefficient (Wildman–Crippen LogP) is 2.33. The van der Waals surface area contributed by atoms with Crippen molar-refractivity contribution in [3.63, 3.8) is 0 Å². The first kappa shape index (κ1) is 14.5. The van der Waals surface area contributed by atoms with E-state index in [0.29, 0.717) is 12.3 Å². The highest BCUT2D eigenvalue weighted by molar-refractivity contribution is 5.81. The minimum Gasteiger partial charge on any atom is -0.350 e. The van der Waals surface area contributed by atoms with E-state index in [0.717, 1.165) is 12.8 Å². The number of hydrogen-bond acceptors (Lipinski definition) is 3. The molecule has 20 heavy (non-hydrogen) atoms. The predicted molar refractivity (Wildman–Crippen MR) is 72.9 cm³/mol. The molecule has 0 bridgehead atoms. The van der Waals surface area contributed by atoms with Crippen LogP contribution in [0.4, 0.5) is 0 Å². The molecular weight excluding hydrogens is 254 g/mol. The summed E-state index contributed by atoms with van der Waals surface area (Å²) in [6, 6.07) is 8.70. The molecule has 1 heterocycles. The minimum absolute atomic E-state index is 0.0757. The average Bonchev–Trinajstić information content (AvgIpc) is 3.00. The smallest absolute Gasteiger partial charge is 0.350 e. The van der Waals surface area contributed by atoms with Gasteiger partial charge in [-0.1, -0.05) is 42.7 Å². The van der Waals surface area contributed by atoms with Gasteiger partial charge in [-0.05, 0) is 25.3 Å². The Kier molecular flexibility index (Phi) is 4.35. The summed E-state index contributed by atoms with van der Waals surface area (Å²) >= 11 is 0. The number of carbonyl (C=O) groups excluding carboxylic acids is 3. The van der Waals surface area contributed by atoms with E-state index in [-0.39, 0.29) is 17.6 Å². The van der Waals surface area contributed by atoms with Crippen LogP contribution >= 0.6 is 0 Å². The Morgan fingerprint density at radius 1 is 1.15 bits per heavy atom. The molecule has 0 aromatic heterocycles. The van der Waals surface area contributed by atoms with Crippen molar-refractivity contribution < 1.29 is 14.4 Å². The van der Waals surface area contributed by atoms with Crippen LogP contribution in [-0.4, -0.2) is 17.6 Å². The number of amides is 1. The Labute approximate surface area is 118 Å². The van der Waals surface area contributed by atoms with E-state index >= 15 is 0 Å². The molecule has 2 fully saturated rings. The molecule has 1 aromatic carbocycles. The average molecular weight is 273 g/mol. The quantitative estimate of drug-likeness (QED) is 0.854. The van der Waals surface area contributed by atoms with Crippen LogP contribution in [0.1, 0.15) is 49.1 Å². The Hall–Kier alpha value is -1.93. The summed E-state index contributed by atoms with van der Waals surface area (Å²) < 4.78 is 0. The first-order valence-electron chi connectivity index (χ1n) is 6.98. The molecular formula is C16H19NO3. The number of hydrogen-bond donors (Lipinski definition) is 1. The van der Waals surface area contributed by atoms with Crippen molar-refractivity contribution in [3.05, 3.63) is 35.4 Å². The van der Waals surface area contributed by atoms with Gasteiger partial charge in [0.25, 0.3) is 0 Å². The summed E-state index contributed by atoms with van der Waals surface area (Å²) in [6.07, 6.45) is 5.73. The van der Waals surface area contributed by atoms with Gasteiger partial charge in [0.1, 0.15) is 0 Å². The molecule has 106 valence electrons. The fourth-order valence-corrected chi connectivity index (χ4v) is 3.51. The van der Waals surface area contributed by atoms with E-state index in [4.69, 9.17) is 9.59 Å². The largest absolute Gasteiger partial charge is 0.373 e. The topological polar surface area (TPSA) is 63.2 Å². The van der Waals surface area contributed by atoms with Gasteiger partial charge in [0.05, 0.1) is 0 Å². The normalized spacial score (nSPS) is 22.9. The zero-order chi connectivity index (χ0) is 14.6. The zero-order valence-electron chi connectivity index (χ0n) is 11.6. The van der Waals surface area contributed by atoms with Gasteiger partial charge in [0, 0.05) is 17.9 Å². The summed E-state index contributed by atoms with van der Waals surface area (Å²) in [4.78, 5) is 28.0. The standard InChI is InChI=1S/C15H19NO.CO2/c1-11-4-6-12(7-5-11)13-10-14(17)16-15(13)8-2-3-9-15;2-1-3/h4-7,13H,2-3,8-10H2,1H3,(H,16,17);/t13-;/m1./s1. The van der Waals surface area contributed by atoms with Gasteiger partial charge in [0.15, 0.2) is 0 Å². The van der Waals surface area contributed by atoms with Crippen LogP contribution in [-0.2, 0) is 14.4 Å². The number of benzene rings is 1. The third-order valence-corrected chi connectivity index (χ3v) is 4.42. The third-order valence-electron chi connectivity index (χ3n) is 4.42. The van der Waals surface area contributed by atoms with E-state index in [1.807, 2.05) is 0 Å². The maximum Gasteiger partial charge on any atom is 0.373 e. The van der Waals surface area contributed by atoms with Crippen LogP contribution in [0.25, 0.3) is 0 Å². The van der Waals surface area contributed by atoms with Gasteiger partial charge in [0.2, 0.25) is 5.91 Å². The first-order valence-corrected chi connectivity index (χ1v) is 6.98. The van der Waals surface area contributed by atoms with Gasteiger partial charge in [-0.15, -0.1) is 0 Å². The SMILES string of the molecule is Cc1ccc([C@H]2CC(=O)NC23CCCC3)cc1.O=C=O. The molecule has 1 aromatic rings. The number of carbonyl (C=O) groups is 1. The molecule has 1 saturated heterocycles. The van der Waals surface area contributed by atoms with Crippen LogP contribution in [0.15, 0.2) is 24.3 Å². The maximum atomic E-state index is 11.7. The van der Waals surface area contributed by atoms with Gasteiger partial charge in [-0.25, -0.2) is 0 Å². The van der Waals surface area contributed by atoms with E-state index in [1.165, 1.54) is 24.0 Å². The molecule has 4 heteroatoms. The van der Waals surface area contributed by atoms with E-state index in [1.54, 1.807) is 0 Å². The Bertz CT molecular complexity index is 509. The lowest BCUT2D eigenvalue weighted by Gasteiger charge is -2.31. The summed E-state index contributed by atoms with van der Waals surface area (Å²) in [5.41, 5.74) is 2.69. The number of nitrogens with one attached hydrogen (secondary N) is 1. The van der Waals surface area contributed by atoms with Gasteiger partial charge >= 0.3 is 6.15 Å². The zero-order valence-corrected chi connectivity index (χ0v) is 11.6. The monoisotopic (exact) mass is 273 g/mol. The number of aryl methyl sites for hydroxylation is 1. The van der Waals surface area contributed by atoms with Crippen molar-refractivity contribution in [3.8, 4) is 0 Å². The summed E-state index contributed by atoms with van der Waals surface area (Å²) in [7, 11) is 0. The summed E-state index contributed by atoms with van der Waals surface area (Å²) in [6.45, 7) is 2.10. The second-order valence-corrected chi connectivity index (χ2v) is 5.66. The Balaban J connectivity index is 0.000000452. The molecule has 2 aliphatic rings. The molecule has 0 unspecified atom stereocenters. The van der Waals surface area contributed by atoms with Crippen LogP contribution in [0.3, 0.4) is 0 Å². The van der Waals surface area contributed by atoms with Crippen LogP contribution in [0.5, 0.6) is 0 Å². The summed E-state index contributed by atoms with van der Waals surface area (Å²) in [5, 5.41) is 3.25. The van der Waals surface area contributed by atoms with Crippen LogP contribution < -0.4 is 5.32 Å². The molecule has 1 aliphatic heterocycles.